The van der Waals surface area contributed by atoms with Gasteiger partial charge in [0.2, 0.25) is 5.91 Å². The number of hydrogen-bond donors (Lipinski definition) is 1. The van der Waals surface area contributed by atoms with E-state index in [0.29, 0.717) is 0 Å². The van der Waals surface area contributed by atoms with Crippen molar-refractivity contribution in [3.05, 3.63) is 125 Å². The van der Waals surface area contributed by atoms with Crippen molar-refractivity contribution >= 4 is 45.6 Å². The summed E-state index contributed by atoms with van der Waals surface area (Å²) in [5.41, 5.74) is 9.91. The van der Waals surface area contributed by atoms with E-state index in [1.807, 2.05) is 0 Å². The number of nitrogens with zero attached hydrogens (tertiary/aromatic N) is 3. The fourth-order valence-corrected chi connectivity index (χ4v) is 7.96. The molecule has 1 fully saturated rings. The van der Waals surface area contributed by atoms with Gasteiger partial charge in [-0.25, -0.2) is 0 Å². The third-order valence-electron chi connectivity index (χ3n) is 9.49. The molecule has 9 rings (SSSR count). The monoisotopic (exact) mass is 506 g/mol. The predicted molar refractivity (Wildman–Crippen MR) is 157 cm³/mol. The summed E-state index contributed by atoms with van der Waals surface area (Å²) >= 11 is 0. The quantitative estimate of drug-likeness (QED) is 0.259. The van der Waals surface area contributed by atoms with Gasteiger partial charge in [-0.3, -0.25) is 4.79 Å². The Morgan fingerprint density at radius 3 is 2.31 bits per heavy atom. The maximum absolute atomic E-state index is 15.3. The number of H-pyrrole nitrogens is 1. The van der Waals surface area contributed by atoms with Crippen LogP contribution in [0.2, 0.25) is 0 Å². The molecular formula is C34H26N4O. The number of para-hydroxylation sites is 4. The fourth-order valence-electron chi connectivity index (χ4n) is 7.96. The molecule has 5 nitrogen and oxygen atoms in total. The lowest BCUT2D eigenvalue weighted by molar-refractivity contribution is -0.120. The van der Waals surface area contributed by atoms with Gasteiger partial charge in [0.15, 0.2) is 0 Å². The lowest BCUT2D eigenvalue weighted by Crippen LogP contribution is -2.44. The van der Waals surface area contributed by atoms with E-state index in [-0.39, 0.29) is 18.0 Å². The van der Waals surface area contributed by atoms with E-state index >= 15 is 4.79 Å². The van der Waals surface area contributed by atoms with Crippen molar-refractivity contribution < 1.29 is 4.79 Å². The van der Waals surface area contributed by atoms with E-state index in [4.69, 9.17) is 0 Å². The van der Waals surface area contributed by atoms with Gasteiger partial charge in [-0.1, -0.05) is 72.8 Å². The summed E-state index contributed by atoms with van der Waals surface area (Å²) in [6.45, 7) is 0. The minimum atomic E-state index is -0.966. The molecule has 3 atom stereocenters. The zero-order valence-corrected chi connectivity index (χ0v) is 21.7. The molecule has 1 aromatic heterocycles. The summed E-state index contributed by atoms with van der Waals surface area (Å²) in [5.74, 6) is 0.120. The van der Waals surface area contributed by atoms with Crippen molar-refractivity contribution in [3.8, 4) is 0 Å². The molecule has 1 spiro atoms. The first-order chi connectivity index (χ1) is 19.1. The Bertz CT molecular complexity index is 1920. The van der Waals surface area contributed by atoms with Gasteiger partial charge in [-0.05, 0) is 41.5 Å². The Hall–Kier alpha value is -4.77. The summed E-state index contributed by atoms with van der Waals surface area (Å²) in [6, 6.07) is 33.8. The summed E-state index contributed by atoms with van der Waals surface area (Å²) in [4.78, 5) is 25.9. The van der Waals surface area contributed by atoms with E-state index in [0.717, 1.165) is 50.4 Å². The van der Waals surface area contributed by atoms with Crippen LogP contribution >= 0.6 is 0 Å². The molecule has 4 aromatic carbocycles. The van der Waals surface area contributed by atoms with Crippen LogP contribution in [0.1, 0.15) is 28.4 Å². The number of hydrogen-bond acceptors (Lipinski definition) is 3. The highest BCUT2D eigenvalue weighted by atomic mass is 16.2. The summed E-state index contributed by atoms with van der Waals surface area (Å²) in [7, 11) is 4.29. The summed E-state index contributed by atoms with van der Waals surface area (Å²) in [5, 5.41) is 1.13. The Morgan fingerprint density at radius 1 is 0.744 bits per heavy atom. The van der Waals surface area contributed by atoms with Crippen molar-refractivity contribution in [3.63, 3.8) is 0 Å². The smallest absolute Gasteiger partial charge is 0.248 e. The Kier molecular flexibility index (Phi) is 3.80. The second-order valence-electron chi connectivity index (χ2n) is 11.1. The van der Waals surface area contributed by atoms with Crippen molar-refractivity contribution in [2.45, 2.75) is 17.5 Å². The first-order valence-electron chi connectivity index (χ1n) is 13.5. The number of carbonyl (C=O) groups excluding carboxylic acids is 1. The van der Waals surface area contributed by atoms with Crippen LogP contribution < -0.4 is 14.7 Å². The van der Waals surface area contributed by atoms with Gasteiger partial charge in [0.25, 0.3) is 0 Å². The maximum atomic E-state index is 15.3. The number of anilines is 4. The number of rotatable bonds is 0. The molecule has 0 aliphatic carbocycles. The molecule has 0 bridgehead atoms. The van der Waals surface area contributed by atoms with Crippen LogP contribution in [-0.2, 0) is 10.2 Å². The Balaban J connectivity index is 1.47. The average molecular weight is 507 g/mol. The molecular weight excluding hydrogens is 480 g/mol. The summed E-state index contributed by atoms with van der Waals surface area (Å²) in [6.07, 6.45) is 2.32. The Labute approximate surface area is 226 Å². The molecule has 39 heavy (non-hydrogen) atoms. The van der Waals surface area contributed by atoms with Crippen LogP contribution in [0.5, 0.6) is 0 Å². The van der Waals surface area contributed by atoms with Crippen LogP contribution in [0.25, 0.3) is 17.0 Å². The normalized spacial score (nSPS) is 23.8. The highest BCUT2D eigenvalue weighted by Crippen LogP contribution is 2.64. The number of aromatic amines is 1. The van der Waals surface area contributed by atoms with Gasteiger partial charge >= 0.3 is 0 Å². The van der Waals surface area contributed by atoms with Crippen LogP contribution in [0.3, 0.4) is 0 Å². The number of likely N-dealkylation sites (N-methyl/N-ethyl adjacent to an activating group) is 1. The molecule has 5 heterocycles. The number of carbonyl (C=O) groups is 1. The number of fused-ring (bicyclic) bond motifs is 11. The van der Waals surface area contributed by atoms with Crippen molar-refractivity contribution in [1.82, 2.24) is 4.98 Å². The molecule has 5 aromatic rings. The highest BCUT2D eigenvalue weighted by Gasteiger charge is 2.67. The van der Waals surface area contributed by atoms with Crippen molar-refractivity contribution in [2.75, 3.05) is 28.8 Å². The molecule has 1 amide bonds. The Morgan fingerprint density at radius 2 is 1.44 bits per heavy atom. The number of aromatic nitrogens is 1. The van der Waals surface area contributed by atoms with Crippen LogP contribution in [0.4, 0.5) is 22.7 Å². The minimum absolute atomic E-state index is 0.0130. The van der Waals surface area contributed by atoms with E-state index in [9.17, 15) is 0 Å². The molecule has 1 N–H and O–H groups in total. The highest BCUT2D eigenvalue weighted by molar-refractivity contribution is 6.18. The third-order valence-corrected chi connectivity index (χ3v) is 9.49. The van der Waals surface area contributed by atoms with Gasteiger partial charge < -0.3 is 19.7 Å². The molecule has 3 unspecified atom stereocenters. The van der Waals surface area contributed by atoms with Gasteiger partial charge in [0, 0.05) is 53.2 Å². The first kappa shape index (κ1) is 21.2. The SMILES string of the molecule is CN1c2ccccc2C2(C(=O)N3c4ccccc4C4C3C2=Cc2ccccc2N4C)c2[nH]c3ccccc3c21. The summed E-state index contributed by atoms with van der Waals surface area (Å²) < 4.78 is 0. The van der Waals surface area contributed by atoms with Gasteiger partial charge in [-0.2, -0.15) is 0 Å². The maximum Gasteiger partial charge on any atom is 0.248 e. The second-order valence-corrected chi connectivity index (χ2v) is 11.1. The van der Waals surface area contributed by atoms with E-state index < -0.39 is 5.41 Å². The third kappa shape index (κ3) is 2.28. The van der Waals surface area contributed by atoms with Gasteiger partial charge in [0.05, 0.1) is 23.5 Å². The first-order valence-corrected chi connectivity index (χ1v) is 13.5. The largest absolute Gasteiger partial charge is 0.365 e. The van der Waals surface area contributed by atoms with Crippen LogP contribution in [0, 0.1) is 0 Å². The molecule has 0 radical (unpaired) electrons. The molecule has 188 valence electrons. The minimum Gasteiger partial charge on any atom is -0.365 e. The predicted octanol–water partition coefficient (Wildman–Crippen LogP) is 6.54. The fraction of sp³-hybridized carbons (Fsp3) is 0.147. The van der Waals surface area contributed by atoms with Crippen LogP contribution in [0.15, 0.2) is 103 Å². The molecule has 4 aliphatic rings. The lowest BCUT2D eigenvalue weighted by Gasteiger charge is -2.40. The zero-order valence-electron chi connectivity index (χ0n) is 21.7. The number of benzene rings is 4. The molecule has 4 aliphatic heterocycles. The number of amides is 1. The topological polar surface area (TPSA) is 42.6 Å². The average Bonchev–Trinajstić information content (AvgIpc) is 3.57. The van der Waals surface area contributed by atoms with E-state index in [1.54, 1.807) is 0 Å². The van der Waals surface area contributed by atoms with Gasteiger partial charge in [0.1, 0.15) is 5.41 Å². The van der Waals surface area contributed by atoms with E-state index in [2.05, 4.69) is 137 Å². The van der Waals surface area contributed by atoms with Crippen molar-refractivity contribution in [2.24, 2.45) is 0 Å². The van der Waals surface area contributed by atoms with E-state index in [1.165, 1.54) is 11.3 Å². The standard InChI is InChI=1S/C34H26N4O/c1-36-26-16-8-3-11-20(26)19-24-31-29(36)22-13-5-9-17-27(22)38(31)33(39)34(24)23-14-6-10-18-28(23)37(2)30-21-12-4-7-15-25(21)35-32(30)34/h3-19,29,31,35H,1-2H3. The van der Waals surface area contributed by atoms with Crippen LogP contribution in [-0.4, -0.2) is 31.0 Å². The molecule has 5 heteroatoms. The lowest BCUT2D eigenvalue weighted by atomic mass is 9.67. The van der Waals surface area contributed by atoms with Crippen molar-refractivity contribution in [1.29, 1.82) is 0 Å². The second kappa shape index (κ2) is 7.00. The van der Waals surface area contributed by atoms with Gasteiger partial charge in [-0.15, -0.1) is 0 Å². The molecule has 0 saturated carbocycles. The zero-order chi connectivity index (χ0) is 26.0. The molecule has 1 saturated heterocycles. The number of nitrogens with one attached hydrogen (secondary N) is 1.